The highest BCUT2D eigenvalue weighted by Gasteiger charge is 1.79. The van der Waals surface area contributed by atoms with Crippen LogP contribution in [0.4, 0.5) is 0 Å². The first-order valence-electron chi connectivity index (χ1n) is 2.29. The van der Waals surface area contributed by atoms with Crippen LogP contribution in [0.15, 0.2) is 17.3 Å². The third kappa shape index (κ3) is 7.69. The Hall–Kier alpha value is -0.310. The zero-order chi connectivity index (χ0) is 7.11. The van der Waals surface area contributed by atoms with E-state index in [9.17, 15) is 4.21 Å². The quantitative estimate of drug-likeness (QED) is 0.456. The van der Waals surface area contributed by atoms with Crippen LogP contribution in [0, 0.1) is 0 Å². The molecule has 4 heteroatoms. The molecule has 0 spiro atoms. The van der Waals surface area contributed by atoms with Crippen molar-refractivity contribution in [1.29, 1.82) is 0 Å². The average Bonchev–Trinajstić information content (AvgIpc) is 1.80. The van der Waals surface area contributed by atoms with E-state index in [0.717, 1.165) is 0 Å². The van der Waals surface area contributed by atoms with Gasteiger partial charge in [0, 0.05) is 29.0 Å². The van der Waals surface area contributed by atoms with E-state index in [1.165, 1.54) is 6.20 Å². The topological polar surface area (TPSA) is 29.4 Å². The van der Waals surface area contributed by atoms with Crippen LogP contribution in [0.5, 0.6) is 0 Å². The average molecular weight is 161 g/mol. The second-order valence-electron chi connectivity index (χ2n) is 1.35. The third-order valence-corrected chi connectivity index (χ3v) is 1.33. The zero-order valence-electron chi connectivity index (χ0n) is 5.03. The molecule has 1 unspecified atom stereocenters. The monoisotopic (exact) mass is 161 g/mol. The summed E-state index contributed by atoms with van der Waals surface area (Å²) in [5.41, 5.74) is 0. The minimum atomic E-state index is -0.778. The number of hydrogen-bond donors (Lipinski definition) is 0. The van der Waals surface area contributed by atoms with Crippen molar-refractivity contribution in [3.8, 4) is 0 Å². The summed E-state index contributed by atoms with van der Waals surface area (Å²) in [4.78, 5) is 3.49. The molecule has 0 amide bonds. The molecule has 0 N–H and O–H groups in total. The molecule has 0 bridgehead atoms. The van der Waals surface area contributed by atoms with Crippen LogP contribution in [0.2, 0.25) is 0 Å². The fraction of sp³-hybridized carbons (Fsp3) is 0.400. The maximum atomic E-state index is 10.4. The molecular formula is C5H7NOS2. The predicted octanol–water partition coefficient (Wildman–Crippen LogP) is 0.981. The van der Waals surface area contributed by atoms with Crippen LogP contribution < -0.4 is 0 Å². The highest BCUT2D eigenvalue weighted by Crippen LogP contribution is 1.77. The van der Waals surface area contributed by atoms with Crippen molar-refractivity contribution in [2.24, 2.45) is 4.99 Å². The molecule has 0 radical (unpaired) electrons. The van der Waals surface area contributed by atoms with E-state index in [-0.39, 0.29) is 0 Å². The molecule has 0 saturated heterocycles. The summed E-state index contributed by atoms with van der Waals surface area (Å²) in [6.45, 7) is 0. The molecule has 9 heavy (non-hydrogen) atoms. The minimum Gasteiger partial charge on any atom is -0.260 e. The lowest BCUT2D eigenvalue weighted by Gasteiger charge is -1.80. The van der Waals surface area contributed by atoms with Gasteiger partial charge in [0.2, 0.25) is 0 Å². The van der Waals surface area contributed by atoms with Crippen molar-refractivity contribution in [1.82, 2.24) is 0 Å². The van der Waals surface area contributed by atoms with Crippen LogP contribution in [0.1, 0.15) is 0 Å². The van der Waals surface area contributed by atoms with Gasteiger partial charge in [-0.25, -0.2) is 4.99 Å². The number of isothiocyanates is 1. The molecule has 0 aliphatic heterocycles. The van der Waals surface area contributed by atoms with E-state index in [0.29, 0.717) is 5.75 Å². The van der Waals surface area contributed by atoms with Gasteiger partial charge in [0.05, 0.1) is 5.16 Å². The van der Waals surface area contributed by atoms with Gasteiger partial charge in [-0.3, -0.25) is 4.21 Å². The van der Waals surface area contributed by atoms with Crippen LogP contribution in [0.3, 0.4) is 0 Å². The molecule has 0 heterocycles. The Labute approximate surface area is 62.1 Å². The summed E-state index contributed by atoms with van der Waals surface area (Å²) in [5, 5.41) is 2.16. The van der Waals surface area contributed by atoms with E-state index in [4.69, 9.17) is 0 Å². The molecule has 0 fully saturated rings. The van der Waals surface area contributed by atoms with Crippen molar-refractivity contribution >= 4 is 28.2 Å². The van der Waals surface area contributed by atoms with E-state index in [1.807, 2.05) is 0 Å². The summed E-state index contributed by atoms with van der Waals surface area (Å²) in [6.07, 6.45) is 4.81. The lowest BCUT2D eigenvalue weighted by atomic mass is 10.7. The number of aliphatic imine (C=N–C) groups is 1. The summed E-state index contributed by atoms with van der Waals surface area (Å²) in [7, 11) is -0.778. The number of thiocarbonyl (C=S) groups is 1. The Bertz CT molecular complexity index is 170. The van der Waals surface area contributed by atoms with Gasteiger partial charge in [-0.05, 0) is 12.2 Å². The fourth-order valence-corrected chi connectivity index (χ4v) is 0.680. The molecule has 0 aliphatic carbocycles. The highest BCUT2D eigenvalue weighted by atomic mass is 32.2. The van der Waals surface area contributed by atoms with Crippen molar-refractivity contribution in [2.45, 2.75) is 0 Å². The maximum Gasteiger partial charge on any atom is 0.0634 e. The van der Waals surface area contributed by atoms with Gasteiger partial charge in [0.1, 0.15) is 0 Å². The molecule has 0 rings (SSSR count). The third-order valence-electron chi connectivity index (χ3n) is 0.564. The van der Waals surface area contributed by atoms with Gasteiger partial charge in [0.25, 0.3) is 0 Å². The van der Waals surface area contributed by atoms with Gasteiger partial charge in [-0.2, -0.15) is 0 Å². The van der Waals surface area contributed by atoms with Crippen molar-refractivity contribution < 1.29 is 4.21 Å². The molecule has 0 aromatic heterocycles. The van der Waals surface area contributed by atoms with Crippen molar-refractivity contribution in [3.63, 3.8) is 0 Å². The summed E-state index contributed by atoms with van der Waals surface area (Å²) in [5.74, 6) is 0.528. The lowest BCUT2D eigenvalue weighted by molar-refractivity contribution is 0.688. The molecule has 1 atom stereocenters. The van der Waals surface area contributed by atoms with Crippen LogP contribution in [-0.2, 0) is 10.8 Å². The Morgan fingerprint density at radius 2 is 2.56 bits per heavy atom. The second-order valence-corrected chi connectivity index (χ2v) is 3.01. The first-order chi connectivity index (χ1) is 4.27. The smallest absolute Gasteiger partial charge is 0.0634 e. The fourth-order valence-electron chi connectivity index (χ4n) is 0.262. The Kier molecular flexibility index (Phi) is 5.62. The molecule has 0 saturated carbocycles. The van der Waals surface area contributed by atoms with Gasteiger partial charge in [0.15, 0.2) is 0 Å². The van der Waals surface area contributed by atoms with Crippen LogP contribution in [-0.4, -0.2) is 21.4 Å². The zero-order valence-corrected chi connectivity index (χ0v) is 6.67. The molecule has 2 nitrogen and oxygen atoms in total. The molecule has 0 aromatic carbocycles. The molecule has 50 valence electrons. The van der Waals surface area contributed by atoms with Crippen molar-refractivity contribution in [2.75, 3.05) is 12.0 Å². The molecule has 0 aromatic rings. The lowest BCUT2D eigenvalue weighted by Crippen LogP contribution is -1.87. The van der Waals surface area contributed by atoms with Gasteiger partial charge in [-0.15, -0.1) is 0 Å². The van der Waals surface area contributed by atoms with E-state index in [2.05, 4.69) is 22.4 Å². The van der Waals surface area contributed by atoms with Gasteiger partial charge < -0.3 is 0 Å². The van der Waals surface area contributed by atoms with Crippen molar-refractivity contribution in [3.05, 3.63) is 12.3 Å². The first kappa shape index (κ1) is 8.69. The standard InChI is InChI=1S/C5H7NOS2/c1-9(7)4-2-3-6-5-8/h2-3H,4H2,1H3. The summed E-state index contributed by atoms with van der Waals surface area (Å²) < 4.78 is 10.4. The number of hydrogen-bond acceptors (Lipinski definition) is 3. The first-order valence-corrected chi connectivity index (χ1v) is 4.43. The SMILES string of the molecule is CS(=O)CC=CN=C=S. The second kappa shape index (κ2) is 5.82. The van der Waals surface area contributed by atoms with Gasteiger partial charge in [-0.1, -0.05) is 6.08 Å². The maximum absolute atomic E-state index is 10.4. The normalized spacial score (nSPS) is 13.0. The minimum absolute atomic E-state index is 0.528. The summed E-state index contributed by atoms with van der Waals surface area (Å²) >= 11 is 4.29. The Balaban J connectivity index is 3.48. The summed E-state index contributed by atoms with van der Waals surface area (Å²) in [6, 6.07) is 0. The van der Waals surface area contributed by atoms with Crippen LogP contribution in [0.25, 0.3) is 0 Å². The molecule has 0 aliphatic rings. The molecular weight excluding hydrogens is 154 g/mol. The largest absolute Gasteiger partial charge is 0.260 e. The highest BCUT2D eigenvalue weighted by molar-refractivity contribution is 7.84. The van der Waals surface area contributed by atoms with Gasteiger partial charge >= 0.3 is 0 Å². The van der Waals surface area contributed by atoms with Crippen LogP contribution >= 0.6 is 12.2 Å². The number of nitrogens with zero attached hydrogens (tertiary/aromatic N) is 1. The van der Waals surface area contributed by atoms with E-state index in [1.54, 1.807) is 12.3 Å². The Morgan fingerprint density at radius 1 is 1.89 bits per heavy atom. The predicted molar refractivity (Wildman–Crippen MR) is 43.1 cm³/mol. The van der Waals surface area contributed by atoms with E-state index >= 15 is 0 Å². The van der Waals surface area contributed by atoms with E-state index < -0.39 is 10.8 Å². The Morgan fingerprint density at radius 3 is 3.00 bits per heavy atom. The number of rotatable bonds is 3.